The third-order valence-electron chi connectivity index (χ3n) is 4.00. The highest BCUT2D eigenvalue weighted by molar-refractivity contribution is 5.91. The van der Waals surface area contributed by atoms with Crippen LogP contribution in [-0.2, 0) is 22.6 Å². The minimum atomic E-state index is -0.657. The number of amides is 2. The number of ether oxygens (including phenoxy) is 1. The Morgan fingerprint density at radius 3 is 2.81 bits per heavy atom. The van der Waals surface area contributed by atoms with Crippen molar-refractivity contribution in [3.8, 4) is 5.75 Å². The zero-order valence-corrected chi connectivity index (χ0v) is 14.6. The van der Waals surface area contributed by atoms with Crippen molar-refractivity contribution in [2.75, 3.05) is 7.11 Å². The maximum absolute atomic E-state index is 12.2. The zero-order valence-electron chi connectivity index (χ0n) is 14.6. The lowest BCUT2D eigenvalue weighted by atomic mass is 10.1. The Kier molecular flexibility index (Phi) is 5.26. The number of carbonyl (C=O) groups is 2. The first kappa shape index (κ1) is 17.6. The lowest BCUT2D eigenvalue weighted by Crippen LogP contribution is -2.45. The molecule has 0 radical (unpaired) electrons. The van der Waals surface area contributed by atoms with E-state index >= 15 is 0 Å². The van der Waals surface area contributed by atoms with Crippen molar-refractivity contribution in [1.29, 1.82) is 0 Å². The van der Waals surface area contributed by atoms with E-state index < -0.39 is 6.04 Å². The fourth-order valence-electron chi connectivity index (χ4n) is 2.60. The van der Waals surface area contributed by atoms with E-state index in [0.717, 1.165) is 10.9 Å². The van der Waals surface area contributed by atoms with Crippen molar-refractivity contribution in [3.63, 3.8) is 0 Å². The number of rotatable bonds is 7. The van der Waals surface area contributed by atoms with E-state index in [-0.39, 0.29) is 24.8 Å². The third-order valence-corrected chi connectivity index (χ3v) is 4.00. The van der Waals surface area contributed by atoms with Crippen molar-refractivity contribution >= 4 is 22.8 Å². The Hall–Kier alpha value is -3.22. The van der Waals surface area contributed by atoms with Gasteiger partial charge in [-0.15, -0.1) is 0 Å². The largest absolute Gasteiger partial charge is 0.497 e. The molecule has 2 amide bonds. The lowest BCUT2D eigenvalue weighted by Gasteiger charge is -2.13. The van der Waals surface area contributed by atoms with Crippen molar-refractivity contribution < 1.29 is 23.2 Å². The van der Waals surface area contributed by atoms with E-state index in [0.29, 0.717) is 17.1 Å². The second kappa shape index (κ2) is 7.77. The van der Waals surface area contributed by atoms with Gasteiger partial charge in [-0.25, -0.2) is 0 Å². The Balaban J connectivity index is 1.55. The Morgan fingerprint density at radius 1 is 1.23 bits per heavy atom. The molecule has 2 heterocycles. The number of furan rings is 2. The molecule has 7 heteroatoms. The van der Waals surface area contributed by atoms with Gasteiger partial charge >= 0.3 is 0 Å². The third kappa shape index (κ3) is 4.05. The summed E-state index contributed by atoms with van der Waals surface area (Å²) in [6, 6.07) is 8.28. The van der Waals surface area contributed by atoms with E-state index in [4.69, 9.17) is 13.6 Å². The predicted molar refractivity (Wildman–Crippen MR) is 94.6 cm³/mol. The first-order valence-electron chi connectivity index (χ1n) is 8.20. The smallest absolute Gasteiger partial charge is 0.242 e. The molecule has 1 atom stereocenters. The van der Waals surface area contributed by atoms with E-state index in [2.05, 4.69) is 10.6 Å². The van der Waals surface area contributed by atoms with Crippen LogP contribution in [0.4, 0.5) is 0 Å². The van der Waals surface area contributed by atoms with Gasteiger partial charge in [0.2, 0.25) is 11.8 Å². The number of hydrogen-bond donors (Lipinski definition) is 2. The van der Waals surface area contributed by atoms with Crippen LogP contribution in [0.2, 0.25) is 0 Å². The van der Waals surface area contributed by atoms with E-state index in [1.54, 1.807) is 38.5 Å². The van der Waals surface area contributed by atoms with Gasteiger partial charge in [-0.1, -0.05) is 0 Å². The number of nitrogens with one attached hydrogen (secondary N) is 2. The monoisotopic (exact) mass is 356 g/mol. The van der Waals surface area contributed by atoms with Crippen molar-refractivity contribution in [2.45, 2.75) is 25.9 Å². The molecule has 0 fully saturated rings. The van der Waals surface area contributed by atoms with Crippen LogP contribution in [0.25, 0.3) is 11.0 Å². The summed E-state index contributed by atoms with van der Waals surface area (Å²) >= 11 is 0. The van der Waals surface area contributed by atoms with Gasteiger partial charge in [0.1, 0.15) is 23.1 Å². The highest BCUT2D eigenvalue weighted by Gasteiger charge is 2.17. The summed E-state index contributed by atoms with van der Waals surface area (Å²) in [5, 5.41) is 6.24. The van der Waals surface area contributed by atoms with Crippen LogP contribution in [0, 0.1) is 0 Å². The van der Waals surface area contributed by atoms with Gasteiger partial charge < -0.3 is 24.2 Å². The predicted octanol–water partition coefficient (Wildman–Crippen LogP) is 2.40. The molecule has 3 aromatic rings. The molecular formula is C19H20N2O5. The highest BCUT2D eigenvalue weighted by atomic mass is 16.5. The number of hydrogen-bond acceptors (Lipinski definition) is 5. The molecule has 2 aromatic heterocycles. The molecule has 26 heavy (non-hydrogen) atoms. The van der Waals surface area contributed by atoms with Gasteiger partial charge in [0, 0.05) is 17.0 Å². The summed E-state index contributed by atoms with van der Waals surface area (Å²) in [5.74, 6) is 0.794. The summed E-state index contributed by atoms with van der Waals surface area (Å²) in [4.78, 5) is 24.3. The highest BCUT2D eigenvalue weighted by Crippen LogP contribution is 2.25. The van der Waals surface area contributed by atoms with E-state index in [1.165, 1.54) is 6.26 Å². The summed E-state index contributed by atoms with van der Waals surface area (Å²) in [5.41, 5.74) is 1.40. The fraction of sp³-hybridized carbons (Fsp3) is 0.263. The Morgan fingerprint density at radius 2 is 2.08 bits per heavy atom. The van der Waals surface area contributed by atoms with Gasteiger partial charge in [-0.3, -0.25) is 9.59 Å². The summed E-state index contributed by atoms with van der Waals surface area (Å²) < 4.78 is 15.8. The molecule has 136 valence electrons. The maximum atomic E-state index is 12.2. The van der Waals surface area contributed by atoms with Crippen LogP contribution in [0.15, 0.2) is 51.7 Å². The van der Waals surface area contributed by atoms with Crippen LogP contribution in [0.1, 0.15) is 18.2 Å². The topological polar surface area (TPSA) is 93.7 Å². The lowest BCUT2D eigenvalue weighted by molar-refractivity contribution is -0.128. The molecule has 0 unspecified atom stereocenters. The standard InChI is InChI=1S/C19H20N2O5/c1-12(19(23)20-10-15-4-3-7-25-15)21-18(22)8-13-11-26-17-9-14(24-2)5-6-16(13)17/h3-7,9,11-12H,8,10H2,1-2H3,(H,20,23)(H,21,22)/t12-/m1/s1. The molecule has 2 N–H and O–H groups in total. The number of methoxy groups -OCH3 is 1. The number of fused-ring (bicyclic) bond motifs is 1. The van der Waals surface area contributed by atoms with Gasteiger partial charge in [-0.05, 0) is 31.2 Å². The first-order chi connectivity index (χ1) is 12.6. The molecule has 0 bridgehead atoms. The molecule has 7 nitrogen and oxygen atoms in total. The molecule has 0 spiro atoms. The van der Waals surface area contributed by atoms with Gasteiger partial charge in [0.05, 0.1) is 32.6 Å². The fourth-order valence-corrected chi connectivity index (χ4v) is 2.60. The van der Waals surface area contributed by atoms with Crippen molar-refractivity contribution in [3.05, 3.63) is 54.2 Å². The zero-order chi connectivity index (χ0) is 18.5. The Labute approximate surface area is 150 Å². The Bertz CT molecular complexity index is 898. The molecule has 3 rings (SSSR count). The van der Waals surface area contributed by atoms with Gasteiger partial charge in [-0.2, -0.15) is 0 Å². The molecule has 0 aliphatic heterocycles. The molecule has 1 aromatic carbocycles. The molecule has 0 saturated heterocycles. The normalized spacial score (nSPS) is 11.9. The quantitative estimate of drug-likeness (QED) is 0.678. The minimum absolute atomic E-state index is 0.120. The second-order valence-corrected chi connectivity index (χ2v) is 5.89. The van der Waals surface area contributed by atoms with Gasteiger partial charge in [0.25, 0.3) is 0 Å². The van der Waals surface area contributed by atoms with Crippen LogP contribution in [0.3, 0.4) is 0 Å². The summed E-state index contributed by atoms with van der Waals surface area (Å²) in [7, 11) is 1.58. The minimum Gasteiger partial charge on any atom is -0.497 e. The number of benzene rings is 1. The van der Waals surface area contributed by atoms with Crippen LogP contribution < -0.4 is 15.4 Å². The average Bonchev–Trinajstić information content (AvgIpc) is 3.29. The molecular weight excluding hydrogens is 336 g/mol. The SMILES string of the molecule is COc1ccc2c(CC(=O)N[C@H](C)C(=O)NCc3ccco3)coc2c1. The second-order valence-electron chi connectivity index (χ2n) is 5.89. The van der Waals surface area contributed by atoms with Crippen molar-refractivity contribution in [1.82, 2.24) is 10.6 Å². The summed E-state index contributed by atoms with van der Waals surface area (Å²) in [6.07, 6.45) is 3.21. The molecule has 0 aliphatic carbocycles. The summed E-state index contributed by atoms with van der Waals surface area (Å²) in [6.45, 7) is 1.91. The first-order valence-corrected chi connectivity index (χ1v) is 8.20. The number of carbonyl (C=O) groups excluding carboxylic acids is 2. The average molecular weight is 356 g/mol. The van der Waals surface area contributed by atoms with E-state index in [1.807, 2.05) is 12.1 Å². The maximum Gasteiger partial charge on any atom is 0.242 e. The van der Waals surface area contributed by atoms with E-state index in [9.17, 15) is 9.59 Å². The molecule has 0 aliphatic rings. The van der Waals surface area contributed by atoms with Crippen molar-refractivity contribution in [2.24, 2.45) is 0 Å². The van der Waals surface area contributed by atoms with Gasteiger partial charge in [0.15, 0.2) is 0 Å². The van der Waals surface area contributed by atoms with Crippen LogP contribution >= 0.6 is 0 Å². The molecule has 0 saturated carbocycles. The van der Waals surface area contributed by atoms with Crippen LogP contribution in [-0.4, -0.2) is 25.0 Å². The van der Waals surface area contributed by atoms with Crippen LogP contribution in [0.5, 0.6) is 5.75 Å².